The zero-order chi connectivity index (χ0) is 22.5. The fraction of sp³-hybridized carbons (Fsp3) is 0.667. The lowest BCUT2D eigenvalue weighted by Gasteiger charge is -2.17. The molecule has 0 radical (unpaired) electrons. The van der Waals surface area contributed by atoms with Gasteiger partial charge in [0, 0.05) is 19.5 Å². The smallest absolute Gasteiger partial charge is 0.239 e. The van der Waals surface area contributed by atoms with Crippen molar-refractivity contribution in [2.24, 2.45) is 5.73 Å². The minimum absolute atomic E-state index is 0.171. The van der Waals surface area contributed by atoms with E-state index in [2.05, 4.69) is 25.6 Å². The van der Waals surface area contributed by atoms with Gasteiger partial charge in [0.2, 0.25) is 11.9 Å². The predicted molar refractivity (Wildman–Crippen MR) is 115 cm³/mol. The van der Waals surface area contributed by atoms with Crippen LogP contribution in [0.15, 0.2) is 6.33 Å². The molecule has 8 N–H and O–H groups in total. The van der Waals surface area contributed by atoms with Crippen LogP contribution in [0.25, 0.3) is 11.2 Å². The number of nitrogens with zero attached hydrogens (tertiary/aromatic N) is 3. The topological polar surface area (TPSA) is 184 Å². The van der Waals surface area contributed by atoms with E-state index in [0.29, 0.717) is 47.7 Å². The van der Waals surface area contributed by atoms with E-state index < -0.39 is 30.6 Å². The van der Waals surface area contributed by atoms with Crippen molar-refractivity contribution in [2.45, 2.75) is 56.8 Å². The quantitative estimate of drug-likeness (QED) is 0.176. The number of aliphatic hydroxyl groups excluding tert-OH is 3. The molecule has 3 heterocycles. The molecule has 172 valence electrons. The Morgan fingerprint density at radius 2 is 2.23 bits per heavy atom. The Balaban J connectivity index is 1.56. The summed E-state index contributed by atoms with van der Waals surface area (Å²) in [6.45, 7) is 2.32. The number of imidazole rings is 1. The van der Waals surface area contributed by atoms with Gasteiger partial charge in [0.05, 0.1) is 25.1 Å². The minimum Gasteiger partial charge on any atom is -0.394 e. The van der Waals surface area contributed by atoms with Gasteiger partial charge in [0.1, 0.15) is 23.3 Å². The first kappa shape index (κ1) is 23.5. The SMILES string of the molecule is CC(O)C(N)C(=O)NCCCCNc1nc(=S)c2ncn([C@@H]3O[C@H](CO)CC3O)c2[nH]1. The Kier molecular flexibility index (Phi) is 7.91. The molecule has 12 nitrogen and oxygen atoms in total. The number of aliphatic hydroxyl groups is 3. The molecule has 2 aromatic heterocycles. The largest absolute Gasteiger partial charge is 0.394 e. The summed E-state index contributed by atoms with van der Waals surface area (Å²) in [6, 6.07) is -0.936. The number of nitrogens with one attached hydrogen (secondary N) is 3. The number of hydrogen-bond acceptors (Lipinski definition) is 10. The molecule has 2 aromatic rings. The van der Waals surface area contributed by atoms with Crippen LogP contribution in [0.4, 0.5) is 5.95 Å². The second-order valence-electron chi connectivity index (χ2n) is 7.57. The zero-order valence-corrected chi connectivity index (χ0v) is 18.0. The summed E-state index contributed by atoms with van der Waals surface area (Å²) in [5, 5.41) is 34.7. The van der Waals surface area contributed by atoms with Gasteiger partial charge in [-0.25, -0.2) is 9.97 Å². The minimum atomic E-state index is -0.936. The Morgan fingerprint density at radius 1 is 1.48 bits per heavy atom. The monoisotopic (exact) mass is 455 g/mol. The molecule has 0 aromatic carbocycles. The van der Waals surface area contributed by atoms with Crippen molar-refractivity contribution in [3.05, 3.63) is 11.0 Å². The average molecular weight is 456 g/mol. The number of fused-ring (bicyclic) bond motifs is 1. The lowest BCUT2D eigenvalue weighted by atomic mass is 10.2. The van der Waals surface area contributed by atoms with E-state index >= 15 is 0 Å². The highest BCUT2D eigenvalue weighted by atomic mass is 32.1. The van der Waals surface area contributed by atoms with Crippen LogP contribution in [-0.2, 0) is 9.53 Å². The van der Waals surface area contributed by atoms with E-state index in [-0.39, 0.29) is 12.5 Å². The normalized spacial score (nSPS) is 23.1. The molecule has 0 bridgehead atoms. The zero-order valence-electron chi connectivity index (χ0n) is 17.2. The molecule has 31 heavy (non-hydrogen) atoms. The van der Waals surface area contributed by atoms with Crippen molar-refractivity contribution in [1.29, 1.82) is 0 Å². The number of unbranched alkanes of at least 4 members (excludes halogenated alkanes) is 1. The fourth-order valence-electron chi connectivity index (χ4n) is 3.32. The van der Waals surface area contributed by atoms with Crippen LogP contribution in [0, 0.1) is 4.64 Å². The number of hydrogen-bond donors (Lipinski definition) is 7. The number of ether oxygens (including phenoxy) is 1. The number of carbonyl (C=O) groups is 1. The van der Waals surface area contributed by atoms with Gasteiger partial charge < -0.3 is 41.4 Å². The van der Waals surface area contributed by atoms with Crippen LogP contribution in [0.1, 0.15) is 32.4 Å². The van der Waals surface area contributed by atoms with Gasteiger partial charge in [-0.3, -0.25) is 9.36 Å². The molecule has 3 rings (SSSR count). The maximum absolute atomic E-state index is 11.7. The molecule has 0 saturated carbocycles. The standard InChI is InChI=1S/C18H29N7O5S/c1-9(27)12(19)15(29)20-4-2-3-5-21-18-23-14-13(16(31)24-18)22-8-25(14)17-11(28)6-10(7-26)30-17/h8-12,17,26-28H,2-7,19H2,1H3,(H,20,29)(H2,21,23,24,31)/t9?,10-,11?,12?,17+/m0/s1. The third-order valence-electron chi connectivity index (χ3n) is 5.11. The molecule has 0 aliphatic carbocycles. The first-order valence-corrected chi connectivity index (χ1v) is 10.6. The van der Waals surface area contributed by atoms with Gasteiger partial charge in [0.25, 0.3) is 0 Å². The number of H-pyrrole nitrogens is 1. The average Bonchev–Trinajstić information content (AvgIpc) is 3.32. The summed E-state index contributed by atoms with van der Waals surface area (Å²) in [5.41, 5.74) is 6.62. The summed E-state index contributed by atoms with van der Waals surface area (Å²) in [7, 11) is 0. The van der Waals surface area contributed by atoms with Gasteiger partial charge >= 0.3 is 0 Å². The fourth-order valence-corrected chi connectivity index (χ4v) is 3.56. The van der Waals surface area contributed by atoms with Gasteiger partial charge in [-0.05, 0) is 19.8 Å². The Morgan fingerprint density at radius 3 is 2.90 bits per heavy atom. The third kappa shape index (κ3) is 5.56. The van der Waals surface area contributed by atoms with Crippen molar-refractivity contribution < 1.29 is 24.9 Å². The Labute approximate surface area is 183 Å². The van der Waals surface area contributed by atoms with Crippen LogP contribution in [0.3, 0.4) is 0 Å². The van der Waals surface area contributed by atoms with E-state index in [0.717, 1.165) is 6.42 Å². The lowest BCUT2D eigenvalue weighted by Crippen LogP contribution is -2.47. The van der Waals surface area contributed by atoms with Crippen molar-refractivity contribution in [2.75, 3.05) is 25.0 Å². The summed E-state index contributed by atoms with van der Waals surface area (Å²) in [5.74, 6) is 0.0674. The number of rotatable bonds is 10. The first-order valence-electron chi connectivity index (χ1n) is 10.2. The van der Waals surface area contributed by atoms with Crippen LogP contribution in [0.2, 0.25) is 0 Å². The number of anilines is 1. The van der Waals surface area contributed by atoms with Crippen molar-refractivity contribution in [3.8, 4) is 0 Å². The second kappa shape index (κ2) is 10.4. The van der Waals surface area contributed by atoms with Gasteiger partial charge in [0.15, 0.2) is 10.9 Å². The highest BCUT2D eigenvalue weighted by Crippen LogP contribution is 2.31. The van der Waals surface area contributed by atoms with Gasteiger partial charge in [-0.15, -0.1) is 0 Å². The van der Waals surface area contributed by atoms with Crippen molar-refractivity contribution >= 4 is 35.2 Å². The number of nitrogens with two attached hydrogens (primary N) is 1. The van der Waals surface area contributed by atoms with Crippen LogP contribution >= 0.6 is 12.2 Å². The molecule has 13 heteroatoms. The van der Waals surface area contributed by atoms with E-state index in [9.17, 15) is 20.1 Å². The number of carbonyl (C=O) groups excluding carboxylic acids is 1. The number of aromatic nitrogens is 4. The van der Waals surface area contributed by atoms with E-state index in [1.54, 1.807) is 4.57 Å². The Bertz CT molecular complexity index is 949. The van der Waals surface area contributed by atoms with Crippen LogP contribution < -0.4 is 16.4 Å². The van der Waals surface area contributed by atoms with Crippen molar-refractivity contribution in [3.63, 3.8) is 0 Å². The van der Waals surface area contributed by atoms with E-state index in [1.807, 2.05) is 0 Å². The second-order valence-corrected chi connectivity index (χ2v) is 7.95. The maximum Gasteiger partial charge on any atom is 0.239 e. The summed E-state index contributed by atoms with van der Waals surface area (Å²) in [6.07, 6.45) is 0.508. The molecule has 5 atom stereocenters. The molecule has 1 aliphatic heterocycles. The van der Waals surface area contributed by atoms with E-state index in [4.69, 9.17) is 22.7 Å². The molecule has 1 saturated heterocycles. The molecule has 3 unspecified atom stereocenters. The first-order chi connectivity index (χ1) is 14.8. The molecular formula is C18H29N7O5S. The number of amides is 1. The van der Waals surface area contributed by atoms with Crippen LogP contribution in [0.5, 0.6) is 0 Å². The highest BCUT2D eigenvalue weighted by molar-refractivity contribution is 7.71. The predicted octanol–water partition coefficient (Wildman–Crippen LogP) is -0.854. The molecule has 1 amide bonds. The molecular weight excluding hydrogens is 426 g/mol. The van der Waals surface area contributed by atoms with Gasteiger partial charge in [-0.1, -0.05) is 12.2 Å². The maximum atomic E-state index is 11.7. The molecule has 0 spiro atoms. The summed E-state index contributed by atoms with van der Waals surface area (Å²) < 4.78 is 7.66. The highest BCUT2D eigenvalue weighted by Gasteiger charge is 2.35. The van der Waals surface area contributed by atoms with E-state index in [1.165, 1.54) is 13.3 Å². The summed E-state index contributed by atoms with van der Waals surface area (Å²) in [4.78, 5) is 23.4. The lowest BCUT2D eigenvalue weighted by molar-refractivity contribution is -0.124. The van der Waals surface area contributed by atoms with Crippen LogP contribution in [-0.4, -0.2) is 84.8 Å². The third-order valence-corrected chi connectivity index (χ3v) is 5.39. The Hall–Kier alpha value is -2.16. The van der Waals surface area contributed by atoms with Gasteiger partial charge in [-0.2, -0.15) is 0 Å². The number of aromatic amines is 1. The summed E-state index contributed by atoms with van der Waals surface area (Å²) >= 11 is 5.33. The molecule has 1 aliphatic rings. The molecule has 1 fully saturated rings. The van der Waals surface area contributed by atoms with Crippen molar-refractivity contribution in [1.82, 2.24) is 24.8 Å².